The van der Waals surface area contributed by atoms with Gasteiger partial charge < -0.3 is 10.1 Å². The third-order valence-electron chi connectivity index (χ3n) is 3.79. The van der Waals surface area contributed by atoms with Crippen molar-refractivity contribution in [2.75, 3.05) is 12.4 Å². The van der Waals surface area contributed by atoms with Gasteiger partial charge in [0.1, 0.15) is 16.8 Å². The number of nitrogens with zero attached hydrogens (tertiary/aromatic N) is 4. The zero-order valence-electron chi connectivity index (χ0n) is 13.7. The summed E-state index contributed by atoms with van der Waals surface area (Å²) in [5, 5.41) is 18.3. The van der Waals surface area contributed by atoms with Crippen LogP contribution in [0.4, 0.5) is 5.82 Å². The summed E-state index contributed by atoms with van der Waals surface area (Å²) in [5.74, 6) is 0.762. The maximum atomic E-state index is 12.3. The zero-order chi connectivity index (χ0) is 17.9. The van der Waals surface area contributed by atoms with E-state index in [0.717, 1.165) is 11.3 Å². The molecule has 1 amide bonds. The summed E-state index contributed by atoms with van der Waals surface area (Å²) in [7, 11) is 1.61. The highest BCUT2D eigenvalue weighted by molar-refractivity contribution is 6.05. The minimum Gasteiger partial charge on any atom is -0.497 e. The molecule has 8 heteroatoms. The summed E-state index contributed by atoms with van der Waals surface area (Å²) in [5.41, 5.74) is 3.07. The maximum absolute atomic E-state index is 12.3. The van der Waals surface area contributed by atoms with Gasteiger partial charge in [0.15, 0.2) is 5.82 Å². The first-order chi connectivity index (χ1) is 12.7. The molecule has 0 saturated carbocycles. The lowest BCUT2D eigenvalue weighted by Gasteiger charge is -2.06. The number of carbonyl (C=O) groups is 1. The van der Waals surface area contributed by atoms with Crippen molar-refractivity contribution in [2.24, 2.45) is 0 Å². The molecule has 128 valence electrons. The monoisotopic (exact) mass is 347 g/mol. The standard InChI is InChI=1S/C18H13N5O3/c1-25-13-4-2-3-11(9-13)14-7-8-17(21-20-14)19-18(24)12-5-6-15-16(10-12)23-26-22-15/h2-10H,1H3,(H,19,21,24). The predicted octanol–water partition coefficient (Wildman–Crippen LogP) is 2.94. The Morgan fingerprint density at radius 1 is 1.00 bits per heavy atom. The number of amides is 1. The summed E-state index contributed by atoms with van der Waals surface area (Å²) in [6.45, 7) is 0. The molecular formula is C18H13N5O3. The van der Waals surface area contributed by atoms with Crippen molar-refractivity contribution in [1.29, 1.82) is 0 Å². The first-order valence-corrected chi connectivity index (χ1v) is 7.75. The van der Waals surface area contributed by atoms with Gasteiger partial charge in [-0.1, -0.05) is 12.1 Å². The van der Waals surface area contributed by atoms with E-state index >= 15 is 0 Å². The summed E-state index contributed by atoms with van der Waals surface area (Å²) in [4.78, 5) is 12.3. The van der Waals surface area contributed by atoms with Crippen LogP contribution in [0.2, 0.25) is 0 Å². The largest absolute Gasteiger partial charge is 0.497 e. The van der Waals surface area contributed by atoms with Crippen molar-refractivity contribution in [3.63, 3.8) is 0 Å². The summed E-state index contributed by atoms with van der Waals surface area (Å²) >= 11 is 0. The highest BCUT2D eigenvalue weighted by atomic mass is 16.6. The first-order valence-electron chi connectivity index (χ1n) is 7.75. The molecule has 0 aliphatic heterocycles. The Balaban J connectivity index is 1.52. The van der Waals surface area contributed by atoms with Crippen LogP contribution in [0.25, 0.3) is 22.3 Å². The molecule has 0 saturated heterocycles. The fourth-order valence-electron chi connectivity index (χ4n) is 2.45. The molecule has 0 aliphatic rings. The second-order valence-corrected chi connectivity index (χ2v) is 5.46. The molecule has 0 fully saturated rings. The minimum atomic E-state index is -0.321. The Morgan fingerprint density at radius 2 is 1.88 bits per heavy atom. The average Bonchev–Trinajstić information content (AvgIpc) is 3.16. The van der Waals surface area contributed by atoms with Crippen LogP contribution in [0.1, 0.15) is 10.4 Å². The molecule has 2 aromatic heterocycles. The van der Waals surface area contributed by atoms with Gasteiger partial charge in [-0.2, -0.15) is 0 Å². The third kappa shape index (κ3) is 3.07. The van der Waals surface area contributed by atoms with Gasteiger partial charge in [-0.05, 0) is 52.8 Å². The number of rotatable bonds is 4. The van der Waals surface area contributed by atoms with Gasteiger partial charge in [0.25, 0.3) is 5.91 Å². The minimum absolute atomic E-state index is 0.321. The number of benzene rings is 2. The number of hydrogen-bond acceptors (Lipinski definition) is 7. The van der Waals surface area contributed by atoms with E-state index in [1.54, 1.807) is 37.4 Å². The average molecular weight is 347 g/mol. The molecule has 0 atom stereocenters. The Morgan fingerprint density at radius 3 is 2.69 bits per heavy atom. The number of anilines is 1. The number of ether oxygens (including phenoxy) is 1. The van der Waals surface area contributed by atoms with Crippen LogP contribution >= 0.6 is 0 Å². The fourth-order valence-corrected chi connectivity index (χ4v) is 2.45. The second-order valence-electron chi connectivity index (χ2n) is 5.46. The SMILES string of the molecule is COc1cccc(-c2ccc(NC(=O)c3ccc4nonc4c3)nn2)c1. The van der Waals surface area contributed by atoms with Gasteiger partial charge in [-0.15, -0.1) is 10.2 Å². The van der Waals surface area contributed by atoms with Gasteiger partial charge >= 0.3 is 0 Å². The number of carbonyl (C=O) groups excluding carboxylic acids is 1. The molecule has 0 radical (unpaired) electrons. The first kappa shape index (κ1) is 15.7. The Hall–Kier alpha value is -3.81. The smallest absolute Gasteiger partial charge is 0.256 e. The highest BCUT2D eigenvalue weighted by Gasteiger charge is 2.10. The number of methoxy groups -OCH3 is 1. The van der Waals surface area contributed by atoms with Gasteiger partial charge in [0.05, 0.1) is 12.8 Å². The van der Waals surface area contributed by atoms with Gasteiger partial charge in [0.2, 0.25) is 0 Å². The summed E-state index contributed by atoms with van der Waals surface area (Å²) < 4.78 is 9.83. The molecule has 0 aliphatic carbocycles. The molecule has 26 heavy (non-hydrogen) atoms. The molecular weight excluding hydrogens is 334 g/mol. The molecule has 0 bridgehead atoms. The van der Waals surface area contributed by atoms with Crippen LogP contribution < -0.4 is 10.1 Å². The molecule has 2 heterocycles. The molecule has 4 rings (SSSR count). The number of nitrogens with one attached hydrogen (secondary N) is 1. The quantitative estimate of drug-likeness (QED) is 0.605. The van der Waals surface area contributed by atoms with Crippen molar-refractivity contribution in [3.05, 3.63) is 60.2 Å². The van der Waals surface area contributed by atoms with Gasteiger partial charge in [-0.3, -0.25) is 4.79 Å². The van der Waals surface area contributed by atoms with Crippen molar-refractivity contribution in [3.8, 4) is 17.0 Å². The molecule has 0 spiro atoms. The Bertz CT molecular complexity index is 1080. The molecule has 1 N–H and O–H groups in total. The third-order valence-corrected chi connectivity index (χ3v) is 3.79. The molecule has 4 aromatic rings. The predicted molar refractivity (Wildman–Crippen MR) is 93.8 cm³/mol. The van der Waals surface area contributed by atoms with E-state index in [1.807, 2.05) is 24.3 Å². The van der Waals surface area contributed by atoms with E-state index in [4.69, 9.17) is 4.74 Å². The fraction of sp³-hybridized carbons (Fsp3) is 0.0556. The second kappa shape index (κ2) is 6.60. The van der Waals surface area contributed by atoms with Crippen molar-refractivity contribution in [2.45, 2.75) is 0 Å². The number of hydrogen-bond donors (Lipinski definition) is 1. The van der Waals surface area contributed by atoms with Crippen molar-refractivity contribution >= 4 is 22.8 Å². The lowest BCUT2D eigenvalue weighted by molar-refractivity contribution is 0.102. The van der Waals surface area contributed by atoms with Crippen LogP contribution in [-0.4, -0.2) is 33.5 Å². The van der Waals surface area contributed by atoms with Crippen molar-refractivity contribution in [1.82, 2.24) is 20.5 Å². The molecule has 8 nitrogen and oxygen atoms in total. The van der Waals surface area contributed by atoms with Crippen LogP contribution in [0.5, 0.6) is 5.75 Å². The molecule has 2 aromatic carbocycles. The normalized spacial score (nSPS) is 10.7. The van der Waals surface area contributed by atoms with Gasteiger partial charge in [-0.25, -0.2) is 4.63 Å². The van der Waals surface area contributed by atoms with Crippen molar-refractivity contribution < 1.29 is 14.2 Å². The summed E-state index contributed by atoms with van der Waals surface area (Å²) in [6, 6.07) is 15.9. The highest BCUT2D eigenvalue weighted by Crippen LogP contribution is 2.22. The van der Waals surface area contributed by atoms with Crippen LogP contribution in [0.3, 0.4) is 0 Å². The Kier molecular flexibility index (Phi) is 3.98. The van der Waals surface area contributed by atoms with Crippen LogP contribution in [0.15, 0.2) is 59.2 Å². The number of fused-ring (bicyclic) bond motifs is 1. The maximum Gasteiger partial charge on any atom is 0.256 e. The summed E-state index contributed by atoms with van der Waals surface area (Å²) in [6.07, 6.45) is 0. The zero-order valence-corrected chi connectivity index (χ0v) is 13.7. The van der Waals surface area contributed by atoms with E-state index in [2.05, 4.69) is 30.5 Å². The van der Waals surface area contributed by atoms with E-state index in [0.29, 0.717) is 28.1 Å². The van der Waals surface area contributed by atoms with Crippen LogP contribution in [0, 0.1) is 0 Å². The lowest BCUT2D eigenvalue weighted by Crippen LogP contribution is -2.13. The topological polar surface area (TPSA) is 103 Å². The van der Waals surface area contributed by atoms with E-state index in [1.165, 1.54) is 0 Å². The Labute approximate surface area is 147 Å². The van der Waals surface area contributed by atoms with E-state index < -0.39 is 0 Å². The lowest BCUT2D eigenvalue weighted by atomic mass is 10.1. The van der Waals surface area contributed by atoms with Crippen LogP contribution in [-0.2, 0) is 0 Å². The van der Waals surface area contributed by atoms with E-state index in [-0.39, 0.29) is 5.91 Å². The van der Waals surface area contributed by atoms with E-state index in [9.17, 15) is 4.79 Å². The number of aromatic nitrogens is 4. The molecule has 0 unspecified atom stereocenters. The van der Waals surface area contributed by atoms with Gasteiger partial charge in [0, 0.05) is 11.1 Å².